The van der Waals surface area contributed by atoms with Crippen molar-refractivity contribution in [2.24, 2.45) is 11.7 Å². The van der Waals surface area contributed by atoms with E-state index in [-0.39, 0.29) is 29.9 Å². The summed E-state index contributed by atoms with van der Waals surface area (Å²) in [4.78, 5) is 24.4. The van der Waals surface area contributed by atoms with Gasteiger partial charge in [-0.15, -0.1) is 0 Å². The largest absolute Gasteiger partial charge is 0.397 e. The van der Waals surface area contributed by atoms with E-state index in [9.17, 15) is 9.90 Å². The van der Waals surface area contributed by atoms with Crippen molar-refractivity contribution in [3.8, 4) is 0 Å². The second-order valence-electron chi connectivity index (χ2n) is 8.91. The topological polar surface area (TPSA) is 118 Å². The summed E-state index contributed by atoms with van der Waals surface area (Å²) in [7, 11) is 0. The number of aliphatic hydroxyl groups is 1. The Morgan fingerprint density at radius 1 is 1.25 bits per heavy atom. The molecule has 3 atom stereocenters. The Morgan fingerprint density at radius 3 is 2.75 bits per heavy atom. The number of carbonyl (C=O) groups is 1. The highest BCUT2D eigenvalue weighted by molar-refractivity contribution is 6.03. The van der Waals surface area contributed by atoms with E-state index >= 15 is 0 Å². The van der Waals surface area contributed by atoms with Crippen LogP contribution in [0.15, 0.2) is 36.7 Å². The van der Waals surface area contributed by atoms with Gasteiger partial charge in [0.05, 0.1) is 17.3 Å². The predicted molar refractivity (Wildman–Crippen MR) is 128 cm³/mol. The van der Waals surface area contributed by atoms with Crippen LogP contribution >= 0.6 is 0 Å². The third-order valence-corrected chi connectivity index (χ3v) is 6.39. The maximum atomic E-state index is 13.3. The smallest absolute Gasteiger partial charge is 0.187 e. The molecule has 5 N–H and O–H groups in total. The second-order valence-corrected chi connectivity index (χ2v) is 8.91. The monoisotopic (exact) mass is 433 g/mol. The van der Waals surface area contributed by atoms with E-state index in [0.29, 0.717) is 18.8 Å². The van der Waals surface area contributed by atoms with Gasteiger partial charge in [0.25, 0.3) is 0 Å². The molecule has 7 nitrogen and oxygen atoms in total. The van der Waals surface area contributed by atoms with Crippen LogP contribution in [-0.2, 0) is 12.8 Å². The van der Waals surface area contributed by atoms with Crippen LogP contribution in [0.1, 0.15) is 41.0 Å². The summed E-state index contributed by atoms with van der Waals surface area (Å²) >= 11 is 0. The van der Waals surface area contributed by atoms with Crippen LogP contribution in [0.3, 0.4) is 0 Å². The lowest BCUT2D eigenvalue weighted by Crippen LogP contribution is -2.56. The van der Waals surface area contributed by atoms with Gasteiger partial charge < -0.3 is 21.5 Å². The molecule has 0 saturated carbocycles. The number of nitrogen functional groups attached to an aromatic ring is 1. The van der Waals surface area contributed by atoms with E-state index in [0.717, 1.165) is 39.7 Å². The molecule has 32 heavy (non-hydrogen) atoms. The third-order valence-electron chi connectivity index (χ3n) is 6.39. The zero-order valence-electron chi connectivity index (χ0n) is 18.9. The first kappa shape index (κ1) is 22.2. The molecule has 0 amide bonds. The lowest BCUT2D eigenvalue weighted by molar-refractivity contribution is 0.0784. The van der Waals surface area contributed by atoms with E-state index in [1.807, 2.05) is 32.0 Å². The Labute approximate surface area is 188 Å². The molecule has 1 aliphatic heterocycles. The van der Waals surface area contributed by atoms with Crippen LogP contribution in [0.5, 0.6) is 0 Å². The average Bonchev–Trinajstić information content (AvgIpc) is 2.76. The normalized spacial score (nSPS) is 21.2. The Hall–Kier alpha value is -3.03. The molecule has 0 aliphatic carbocycles. The molecule has 0 radical (unpaired) electrons. The Morgan fingerprint density at radius 2 is 2.03 bits per heavy atom. The number of aliphatic hydroxyl groups excluding tert-OH is 1. The summed E-state index contributed by atoms with van der Waals surface area (Å²) in [6, 6.07) is 7.52. The van der Waals surface area contributed by atoms with Crippen molar-refractivity contribution in [1.29, 1.82) is 0 Å². The summed E-state index contributed by atoms with van der Waals surface area (Å²) in [6.45, 7) is 7.24. The number of anilines is 2. The Balaban J connectivity index is 1.67. The highest BCUT2D eigenvalue weighted by Gasteiger charge is 2.32. The predicted octanol–water partition coefficient (Wildman–Crippen LogP) is 2.65. The number of piperidine rings is 1. The maximum Gasteiger partial charge on any atom is 0.187 e. The van der Waals surface area contributed by atoms with Crippen LogP contribution in [0.4, 0.5) is 11.4 Å². The SMILES string of the molecule is CCc1ccc2cc(N)c(C(=O)Cc3cncc(C)c3N3C[C@@H](N)[C@H](O)[C@@H](C)C3)nc2c1. The van der Waals surface area contributed by atoms with Crippen LogP contribution in [0, 0.1) is 12.8 Å². The average molecular weight is 434 g/mol. The van der Waals surface area contributed by atoms with Crippen molar-refractivity contribution in [1.82, 2.24) is 9.97 Å². The molecule has 4 rings (SSSR count). The minimum atomic E-state index is -0.534. The van der Waals surface area contributed by atoms with Gasteiger partial charge in [0.2, 0.25) is 0 Å². The van der Waals surface area contributed by atoms with Crippen LogP contribution in [0.25, 0.3) is 10.9 Å². The van der Waals surface area contributed by atoms with Gasteiger partial charge in [-0.25, -0.2) is 4.98 Å². The number of aryl methyl sites for hydroxylation is 2. The number of hydrogen-bond donors (Lipinski definition) is 3. The fourth-order valence-corrected chi connectivity index (χ4v) is 4.62. The molecular formula is C25H31N5O2. The molecule has 0 bridgehead atoms. The Bertz CT molecular complexity index is 1150. The van der Waals surface area contributed by atoms with Gasteiger partial charge in [0.1, 0.15) is 5.69 Å². The number of fused-ring (bicyclic) bond motifs is 1. The van der Waals surface area contributed by atoms with Gasteiger partial charge in [0.15, 0.2) is 5.78 Å². The quantitative estimate of drug-likeness (QED) is 0.529. The zero-order valence-corrected chi connectivity index (χ0v) is 18.9. The van der Waals surface area contributed by atoms with Gasteiger partial charge in [-0.1, -0.05) is 26.0 Å². The minimum absolute atomic E-state index is 0.0282. The molecule has 7 heteroatoms. The molecule has 168 valence electrons. The number of aromatic nitrogens is 2. The lowest BCUT2D eigenvalue weighted by Gasteiger charge is -2.41. The van der Waals surface area contributed by atoms with Gasteiger partial charge in [-0.3, -0.25) is 9.78 Å². The van der Waals surface area contributed by atoms with Crippen LogP contribution in [-0.4, -0.2) is 46.1 Å². The van der Waals surface area contributed by atoms with Crippen molar-refractivity contribution in [3.05, 3.63) is 59.0 Å². The van der Waals surface area contributed by atoms with E-state index in [1.165, 1.54) is 0 Å². The first-order chi connectivity index (χ1) is 15.3. The highest BCUT2D eigenvalue weighted by Crippen LogP contribution is 2.30. The summed E-state index contributed by atoms with van der Waals surface area (Å²) < 4.78 is 0. The Kier molecular flexibility index (Phi) is 6.13. The van der Waals surface area contributed by atoms with Crippen molar-refractivity contribution in [2.45, 2.75) is 45.8 Å². The van der Waals surface area contributed by atoms with E-state index in [1.54, 1.807) is 12.4 Å². The van der Waals surface area contributed by atoms with Crippen molar-refractivity contribution >= 4 is 28.1 Å². The first-order valence-electron chi connectivity index (χ1n) is 11.1. The number of nitrogens with zero attached hydrogens (tertiary/aromatic N) is 3. The van der Waals surface area contributed by atoms with Crippen molar-refractivity contribution < 1.29 is 9.90 Å². The molecule has 1 aromatic carbocycles. The molecule has 0 spiro atoms. The summed E-state index contributed by atoms with van der Waals surface area (Å²) in [5.41, 5.74) is 17.7. The number of hydrogen-bond acceptors (Lipinski definition) is 7. The standard InChI is InChI=1S/C25H31N5O2/c1-4-16-5-6-17-8-19(26)23(29-21(17)7-16)22(31)9-18-11-28-10-14(2)24(18)30-12-15(3)25(32)20(27)13-30/h5-8,10-11,15,20,25,32H,4,9,12-13,26-27H2,1-3H3/t15-,20+,25+/m0/s1. The molecule has 0 unspecified atom stereocenters. The van der Waals surface area contributed by atoms with Gasteiger partial charge in [-0.05, 0) is 36.6 Å². The molecule has 1 fully saturated rings. The number of rotatable bonds is 5. The van der Waals surface area contributed by atoms with Crippen molar-refractivity contribution in [3.63, 3.8) is 0 Å². The molecule has 1 aliphatic rings. The highest BCUT2D eigenvalue weighted by atomic mass is 16.3. The number of ketones is 1. The summed E-state index contributed by atoms with van der Waals surface area (Å²) in [6.07, 6.45) is 4.03. The number of nitrogens with two attached hydrogens (primary N) is 2. The van der Waals surface area contributed by atoms with Crippen LogP contribution in [0.2, 0.25) is 0 Å². The summed E-state index contributed by atoms with van der Waals surface area (Å²) in [5.74, 6) is -0.116. The third kappa shape index (κ3) is 4.18. The molecule has 3 aromatic rings. The first-order valence-corrected chi connectivity index (χ1v) is 11.1. The van der Waals surface area contributed by atoms with Gasteiger partial charge in [-0.2, -0.15) is 0 Å². The minimum Gasteiger partial charge on any atom is -0.397 e. The van der Waals surface area contributed by atoms with Gasteiger partial charge in [0, 0.05) is 60.5 Å². The molecule has 2 aromatic heterocycles. The summed E-state index contributed by atoms with van der Waals surface area (Å²) in [5, 5.41) is 11.2. The zero-order chi connectivity index (χ0) is 23.0. The molecule has 1 saturated heterocycles. The number of carbonyl (C=O) groups excluding carboxylic acids is 1. The molecular weight excluding hydrogens is 402 g/mol. The number of benzene rings is 1. The van der Waals surface area contributed by atoms with Crippen LogP contribution < -0.4 is 16.4 Å². The number of Topliss-reactive ketones (excluding diaryl/α,β-unsaturated/α-hetero) is 1. The van der Waals surface area contributed by atoms with Gasteiger partial charge >= 0.3 is 0 Å². The lowest BCUT2D eigenvalue weighted by atomic mass is 9.91. The number of pyridine rings is 2. The molecule has 3 heterocycles. The fraction of sp³-hybridized carbons (Fsp3) is 0.400. The van der Waals surface area contributed by atoms with E-state index in [2.05, 4.69) is 27.9 Å². The second kappa shape index (κ2) is 8.84. The van der Waals surface area contributed by atoms with E-state index in [4.69, 9.17) is 11.5 Å². The maximum absolute atomic E-state index is 13.3. The van der Waals surface area contributed by atoms with E-state index < -0.39 is 6.10 Å². The fourth-order valence-electron chi connectivity index (χ4n) is 4.62. The van der Waals surface area contributed by atoms with Crippen molar-refractivity contribution in [2.75, 3.05) is 23.7 Å².